The highest BCUT2D eigenvalue weighted by Crippen LogP contribution is 2.22. The van der Waals surface area contributed by atoms with E-state index in [1.165, 1.54) is 4.68 Å². The number of hydrogen-bond acceptors (Lipinski definition) is 3. The fourth-order valence-electron chi connectivity index (χ4n) is 2.77. The monoisotopic (exact) mass is 305 g/mol. The van der Waals surface area contributed by atoms with Crippen molar-refractivity contribution in [2.45, 2.75) is 6.92 Å². The molecule has 4 rings (SSSR count). The molecule has 0 aliphatic heterocycles. The van der Waals surface area contributed by atoms with Gasteiger partial charge >= 0.3 is 0 Å². The first-order chi connectivity index (χ1) is 11.3. The van der Waals surface area contributed by atoms with Gasteiger partial charge in [0.2, 0.25) is 0 Å². The third kappa shape index (κ3) is 2.17. The molecule has 2 heterocycles. The minimum Gasteiger partial charge on any atom is -0.494 e. The molecular weight excluding hydrogens is 290 g/mol. The molecule has 0 amide bonds. The molecule has 0 spiro atoms. The molecule has 0 unspecified atom stereocenters. The smallest absolute Gasteiger partial charge is 0.295 e. The van der Waals surface area contributed by atoms with Gasteiger partial charge in [-0.2, -0.15) is 9.78 Å². The van der Waals surface area contributed by atoms with Crippen LogP contribution in [0.2, 0.25) is 0 Å². The summed E-state index contributed by atoms with van der Waals surface area (Å²) >= 11 is 0. The SMILES string of the molecule is CCOc1ccc(-n2ncc3c([nH]c4ccccc43)c2=O)cc1. The van der Waals surface area contributed by atoms with Gasteiger partial charge in [0.15, 0.2) is 0 Å². The van der Waals surface area contributed by atoms with Crippen molar-refractivity contribution in [2.75, 3.05) is 6.61 Å². The van der Waals surface area contributed by atoms with Gasteiger partial charge in [0.25, 0.3) is 5.56 Å². The van der Waals surface area contributed by atoms with Crippen LogP contribution in [-0.4, -0.2) is 21.4 Å². The second-order valence-electron chi connectivity index (χ2n) is 5.25. The van der Waals surface area contributed by atoms with E-state index < -0.39 is 0 Å². The molecule has 0 saturated heterocycles. The maximum Gasteiger partial charge on any atom is 0.295 e. The minimum absolute atomic E-state index is 0.164. The standard InChI is InChI=1S/C18H15N3O2/c1-2-23-13-9-7-12(8-10-13)21-18(22)17-15(11-19-21)14-5-3-4-6-16(14)20-17/h3-11,20H,2H2,1H3. The summed E-state index contributed by atoms with van der Waals surface area (Å²) in [5, 5.41) is 6.16. The van der Waals surface area contributed by atoms with Crippen molar-refractivity contribution in [1.29, 1.82) is 0 Å². The Kier molecular flexibility index (Phi) is 3.12. The Morgan fingerprint density at radius 3 is 2.65 bits per heavy atom. The number of ether oxygens (including phenoxy) is 1. The fourth-order valence-corrected chi connectivity index (χ4v) is 2.77. The zero-order valence-electron chi connectivity index (χ0n) is 12.6. The van der Waals surface area contributed by atoms with Crippen molar-refractivity contribution in [3.63, 3.8) is 0 Å². The molecule has 0 atom stereocenters. The Morgan fingerprint density at radius 2 is 1.87 bits per heavy atom. The summed E-state index contributed by atoms with van der Waals surface area (Å²) in [5.41, 5.74) is 2.04. The largest absolute Gasteiger partial charge is 0.494 e. The Morgan fingerprint density at radius 1 is 1.09 bits per heavy atom. The molecule has 0 fully saturated rings. The number of para-hydroxylation sites is 1. The van der Waals surface area contributed by atoms with Gasteiger partial charge in [-0.1, -0.05) is 18.2 Å². The van der Waals surface area contributed by atoms with E-state index >= 15 is 0 Å². The number of nitrogens with zero attached hydrogens (tertiary/aromatic N) is 2. The van der Waals surface area contributed by atoms with Crippen LogP contribution in [0.5, 0.6) is 5.75 Å². The van der Waals surface area contributed by atoms with Crippen LogP contribution in [0.4, 0.5) is 0 Å². The summed E-state index contributed by atoms with van der Waals surface area (Å²) in [6.07, 6.45) is 1.73. The maximum absolute atomic E-state index is 12.7. The van der Waals surface area contributed by atoms with E-state index in [1.54, 1.807) is 6.20 Å². The van der Waals surface area contributed by atoms with Gasteiger partial charge in [-0.15, -0.1) is 0 Å². The molecule has 0 radical (unpaired) electrons. The van der Waals surface area contributed by atoms with E-state index in [1.807, 2.05) is 55.5 Å². The lowest BCUT2D eigenvalue weighted by Crippen LogP contribution is -2.20. The van der Waals surface area contributed by atoms with Crippen molar-refractivity contribution < 1.29 is 4.74 Å². The number of rotatable bonds is 3. The Balaban J connectivity index is 1.89. The lowest BCUT2D eigenvalue weighted by molar-refractivity contribution is 0.340. The highest BCUT2D eigenvalue weighted by molar-refractivity contribution is 6.06. The number of fused-ring (bicyclic) bond motifs is 3. The Hall–Kier alpha value is -3.08. The highest BCUT2D eigenvalue weighted by atomic mass is 16.5. The van der Waals surface area contributed by atoms with Gasteiger partial charge < -0.3 is 9.72 Å². The van der Waals surface area contributed by atoms with Crippen LogP contribution in [0.3, 0.4) is 0 Å². The minimum atomic E-state index is -0.164. The zero-order valence-corrected chi connectivity index (χ0v) is 12.6. The van der Waals surface area contributed by atoms with Gasteiger partial charge in [-0.25, -0.2) is 0 Å². The maximum atomic E-state index is 12.7. The third-order valence-electron chi connectivity index (χ3n) is 3.85. The normalized spacial score (nSPS) is 11.2. The van der Waals surface area contributed by atoms with E-state index in [-0.39, 0.29) is 5.56 Å². The summed E-state index contributed by atoms with van der Waals surface area (Å²) in [5.74, 6) is 0.774. The van der Waals surface area contributed by atoms with Gasteiger partial charge in [-0.3, -0.25) is 4.79 Å². The van der Waals surface area contributed by atoms with Crippen molar-refractivity contribution in [3.8, 4) is 11.4 Å². The second kappa shape index (κ2) is 5.28. The van der Waals surface area contributed by atoms with E-state index in [9.17, 15) is 4.79 Å². The van der Waals surface area contributed by atoms with Gasteiger partial charge in [0.05, 0.1) is 18.5 Å². The number of hydrogen-bond donors (Lipinski definition) is 1. The molecule has 5 nitrogen and oxygen atoms in total. The van der Waals surface area contributed by atoms with Gasteiger partial charge in [0, 0.05) is 16.3 Å². The summed E-state index contributed by atoms with van der Waals surface area (Å²) < 4.78 is 6.82. The van der Waals surface area contributed by atoms with E-state index in [0.717, 1.165) is 22.0 Å². The van der Waals surface area contributed by atoms with Gasteiger partial charge in [0.1, 0.15) is 11.3 Å². The van der Waals surface area contributed by atoms with Crippen LogP contribution >= 0.6 is 0 Å². The van der Waals surface area contributed by atoms with Crippen LogP contribution in [0.25, 0.3) is 27.5 Å². The van der Waals surface area contributed by atoms with Gasteiger partial charge in [-0.05, 0) is 37.3 Å². The average Bonchev–Trinajstić information content (AvgIpc) is 2.96. The lowest BCUT2D eigenvalue weighted by Gasteiger charge is -2.06. The molecule has 2 aromatic heterocycles. The predicted molar refractivity (Wildman–Crippen MR) is 90.4 cm³/mol. The molecule has 2 aromatic carbocycles. The van der Waals surface area contributed by atoms with Crippen molar-refractivity contribution in [1.82, 2.24) is 14.8 Å². The Labute approximate surface area is 132 Å². The van der Waals surface area contributed by atoms with Crippen LogP contribution in [0, 0.1) is 0 Å². The number of aromatic nitrogens is 3. The summed E-state index contributed by atoms with van der Waals surface area (Å²) in [6.45, 7) is 2.54. The Bertz CT molecular complexity index is 1050. The average molecular weight is 305 g/mol. The van der Waals surface area contributed by atoms with E-state index in [4.69, 9.17) is 4.74 Å². The molecule has 0 aliphatic rings. The molecule has 0 saturated carbocycles. The molecule has 0 bridgehead atoms. The highest BCUT2D eigenvalue weighted by Gasteiger charge is 2.11. The molecule has 4 aromatic rings. The molecule has 0 aliphatic carbocycles. The summed E-state index contributed by atoms with van der Waals surface area (Å²) in [6, 6.07) is 15.2. The predicted octanol–water partition coefficient (Wildman–Crippen LogP) is 3.27. The number of nitrogens with one attached hydrogen (secondary N) is 1. The lowest BCUT2D eigenvalue weighted by atomic mass is 10.2. The summed E-state index contributed by atoms with van der Waals surface area (Å²) in [4.78, 5) is 15.9. The molecular formula is C18H15N3O2. The molecule has 114 valence electrons. The van der Waals surface area contributed by atoms with Crippen LogP contribution in [-0.2, 0) is 0 Å². The second-order valence-corrected chi connectivity index (χ2v) is 5.25. The van der Waals surface area contributed by atoms with Crippen molar-refractivity contribution >= 4 is 21.8 Å². The topological polar surface area (TPSA) is 59.9 Å². The van der Waals surface area contributed by atoms with Crippen LogP contribution in [0.1, 0.15) is 6.92 Å². The molecule has 1 N–H and O–H groups in total. The first-order valence-corrected chi connectivity index (χ1v) is 7.50. The first-order valence-electron chi connectivity index (χ1n) is 7.50. The number of H-pyrrole nitrogens is 1. The summed E-state index contributed by atoms with van der Waals surface area (Å²) in [7, 11) is 0. The fraction of sp³-hybridized carbons (Fsp3) is 0.111. The molecule has 23 heavy (non-hydrogen) atoms. The van der Waals surface area contributed by atoms with Crippen molar-refractivity contribution in [3.05, 3.63) is 65.1 Å². The third-order valence-corrected chi connectivity index (χ3v) is 3.85. The van der Waals surface area contributed by atoms with E-state index in [2.05, 4.69) is 10.1 Å². The number of benzene rings is 2. The van der Waals surface area contributed by atoms with Crippen LogP contribution < -0.4 is 10.3 Å². The number of aromatic amines is 1. The van der Waals surface area contributed by atoms with E-state index in [0.29, 0.717) is 17.8 Å². The zero-order chi connectivity index (χ0) is 15.8. The van der Waals surface area contributed by atoms with Crippen molar-refractivity contribution in [2.24, 2.45) is 0 Å². The quantitative estimate of drug-likeness (QED) is 0.632. The molecule has 5 heteroatoms. The van der Waals surface area contributed by atoms with Crippen LogP contribution in [0.15, 0.2) is 59.5 Å². The first kappa shape index (κ1) is 13.6.